The minimum atomic E-state index is -0.595. The van der Waals surface area contributed by atoms with Crippen molar-refractivity contribution in [1.82, 2.24) is 25.1 Å². The summed E-state index contributed by atoms with van der Waals surface area (Å²) in [6, 6.07) is 17.2. The maximum absolute atomic E-state index is 13.9. The van der Waals surface area contributed by atoms with Gasteiger partial charge in [0.2, 0.25) is 0 Å². The van der Waals surface area contributed by atoms with E-state index in [1.54, 1.807) is 41.1 Å². The van der Waals surface area contributed by atoms with Crippen LogP contribution in [0.2, 0.25) is 0 Å². The van der Waals surface area contributed by atoms with Crippen molar-refractivity contribution in [2.45, 2.75) is 24.2 Å². The summed E-state index contributed by atoms with van der Waals surface area (Å²) < 4.78 is 20.9. The van der Waals surface area contributed by atoms with E-state index in [-0.39, 0.29) is 29.8 Å². The Kier molecular flexibility index (Phi) is 8.03. The molecule has 1 N–H and O–H groups in total. The molecule has 200 valence electrons. The predicted molar refractivity (Wildman–Crippen MR) is 147 cm³/mol. The molecule has 0 saturated carbocycles. The van der Waals surface area contributed by atoms with Gasteiger partial charge in [0.25, 0.3) is 11.8 Å². The first-order valence-corrected chi connectivity index (χ1v) is 13.9. The monoisotopic (exact) mass is 564 g/mol. The number of carbonyl (C=O) groups excluding carboxylic acids is 2. The van der Waals surface area contributed by atoms with Crippen LogP contribution in [-0.4, -0.2) is 50.2 Å². The van der Waals surface area contributed by atoms with Crippen LogP contribution in [0.3, 0.4) is 0 Å². The fraction of sp³-hybridized carbons (Fsp3) is 0.222. The molecule has 1 aliphatic rings. The van der Waals surface area contributed by atoms with Gasteiger partial charge in [-0.3, -0.25) is 9.59 Å². The number of hydrazone groups is 1. The second-order valence-corrected chi connectivity index (χ2v) is 10.6. The standard InChI is InChI=1S/C27H25FN6O3S2/c1-33-24(15-29-26(36)19-6-3-4-7-20(19)28)30-31-27(33)39-16-25(35)34-22(17-9-11-18(37-2)12-10-17)14-21(32-34)23-8-5-13-38-23/h3-13,22H,14-16H2,1-2H3,(H,29,36)/t22-/m0/s1. The van der Waals surface area contributed by atoms with E-state index < -0.39 is 11.7 Å². The van der Waals surface area contributed by atoms with Gasteiger partial charge in [0.15, 0.2) is 11.0 Å². The lowest BCUT2D eigenvalue weighted by Gasteiger charge is -2.22. The summed E-state index contributed by atoms with van der Waals surface area (Å²) in [5, 5.41) is 19.7. The summed E-state index contributed by atoms with van der Waals surface area (Å²) in [5.74, 6) is 0.0185. The number of halogens is 1. The summed E-state index contributed by atoms with van der Waals surface area (Å²) in [6.07, 6.45) is 0.610. The number of nitrogens with one attached hydrogen (secondary N) is 1. The lowest BCUT2D eigenvalue weighted by Crippen LogP contribution is -2.28. The van der Waals surface area contributed by atoms with Gasteiger partial charge in [-0.05, 0) is 41.3 Å². The molecule has 0 fully saturated rings. The molecule has 9 nitrogen and oxygen atoms in total. The van der Waals surface area contributed by atoms with E-state index in [2.05, 4.69) is 15.5 Å². The van der Waals surface area contributed by atoms with Gasteiger partial charge in [-0.25, -0.2) is 9.40 Å². The Morgan fingerprint density at radius 1 is 1.13 bits per heavy atom. The first kappa shape index (κ1) is 26.6. The van der Waals surface area contributed by atoms with Crippen LogP contribution in [0, 0.1) is 5.82 Å². The van der Waals surface area contributed by atoms with E-state index >= 15 is 0 Å². The van der Waals surface area contributed by atoms with Crippen LogP contribution in [0.25, 0.3) is 0 Å². The molecule has 3 heterocycles. The van der Waals surface area contributed by atoms with Crippen LogP contribution in [0.1, 0.15) is 39.1 Å². The zero-order chi connectivity index (χ0) is 27.4. The van der Waals surface area contributed by atoms with E-state index in [0.29, 0.717) is 17.4 Å². The number of thiophene rings is 1. The topological polar surface area (TPSA) is 102 Å². The number of amides is 2. The molecular weight excluding hydrogens is 539 g/mol. The second kappa shape index (κ2) is 11.8. The fourth-order valence-corrected chi connectivity index (χ4v) is 5.64. The fourth-order valence-electron chi connectivity index (χ4n) is 4.13. The van der Waals surface area contributed by atoms with Crippen molar-refractivity contribution in [3.8, 4) is 5.75 Å². The van der Waals surface area contributed by atoms with E-state index in [1.807, 2.05) is 41.8 Å². The van der Waals surface area contributed by atoms with Crippen LogP contribution >= 0.6 is 23.1 Å². The van der Waals surface area contributed by atoms with Gasteiger partial charge in [-0.2, -0.15) is 5.10 Å². The molecular formula is C27H25FN6O3S2. The normalized spacial score (nSPS) is 14.8. The van der Waals surface area contributed by atoms with Crippen molar-refractivity contribution < 1.29 is 18.7 Å². The zero-order valence-corrected chi connectivity index (χ0v) is 22.8. The molecule has 1 atom stereocenters. The molecule has 2 aromatic carbocycles. The van der Waals surface area contributed by atoms with Crippen LogP contribution in [0.4, 0.5) is 4.39 Å². The maximum Gasteiger partial charge on any atom is 0.254 e. The Morgan fingerprint density at radius 3 is 2.64 bits per heavy atom. The quantitative estimate of drug-likeness (QED) is 0.302. The number of hydrogen-bond donors (Lipinski definition) is 1. The molecule has 2 aromatic heterocycles. The van der Waals surface area contributed by atoms with Crippen molar-refractivity contribution in [3.05, 3.63) is 93.7 Å². The number of rotatable bonds is 9. The van der Waals surface area contributed by atoms with Gasteiger partial charge in [-0.15, -0.1) is 21.5 Å². The molecule has 4 aromatic rings. The number of benzene rings is 2. The van der Waals surface area contributed by atoms with E-state index in [9.17, 15) is 14.0 Å². The Hall–Kier alpha value is -4.03. The minimum absolute atomic E-state index is 0.0423. The molecule has 12 heteroatoms. The molecule has 1 aliphatic heterocycles. The number of nitrogens with zero attached hydrogens (tertiary/aromatic N) is 5. The van der Waals surface area contributed by atoms with Crippen molar-refractivity contribution in [2.24, 2.45) is 12.1 Å². The number of ether oxygens (including phenoxy) is 1. The smallest absolute Gasteiger partial charge is 0.254 e. The average Bonchev–Trinajstić information content (AvgIpc) is 3.71. The van der Waals surface area contributed by atoms with E-state index in [0.717, 1.165) is 21.9 Å². The van der Waals surface area contributed by atoms with Gasteiger partial charge < -0.3 is 14.6 Å². The molecule has 5 rings (SSSR count). The van der Waals surface area contributed by atoms with Gasteiger partial charge in [0.1, 0.15) is 11.6 Å². The Balaban J connectivity index is 1.25. The average molecular weight is 565 g/mol. The first-order valence-electron chi connectivity index (χ1n) is 12.1. The van der Waals surface area contributed by atoms with Crippen LogP contribution in [0.15, 0.2) is 76.3 Å². The molecule has 0 saturated heterocycles. The lowest BCUT2D eigenvalue weighted by molar-refractivity contribution is -0.130. The largest absolute Gasteiger partial charge is 0.497 e. The van der Waals surface area contributed by atoms with Crippen LogP contribution < -0.4 is 10.1 Å². The highest BCUT2D eigenvalue weighted by atomic mass is 32.2. The highest BCUT2D eigenvalue weighted by molar-refractivity contribution is 7.99. The van der Waals surface area contributed by atoms with Gasteiger partial charge >= 0.3 is 0 Å². The van der Waals surface area contributed by atoms with Crippen molar-refractivity contribution in [2.75, 3.05) is 12.9 Å². The predicted octanol–water partition coefficient (Wildman–Crippen LogP) is 4.42. The minimum Gasteiger partial charge on any atom is -0.497 e. The lowest BCUT2D eigenvalue weighted by atomic mass is 10.0. The highest BCUT2D eigenvalue weighted by Crippen LogP contribution is 2.35. The molecule has 2 amide bonds. The van der Waals surface area contributed by atoms with Crippen molar-refractivity contribution in [1.29, 1.82) is 0 Å². The number of aromatic nitrogens is 3. The number of methoxy groups -OCH3 is 1. The first-order chi connectivity index (χ1) is 18.9. The molecule has 0 spiro atoms. The number of carbonyl (C=O) groups is 2. The van der Waals surface area contributed by atoms with Crippen LogP contribution in [-0.2, 0) is 18.4 Å². The van der Waals surface area contributed by atoms with Crippen molar-refractivity contribution >= 4 is 40.6 Å². The SMILES string of the molecule is COc1ccc([C@@H]2CC(c3cccs3)=NN2C(=O)CSc2nnc(CNC(=O)c3ccccc3F)n2C)cc1. The third-order valence-corrected chi connectivity index (χ3v) is 8.17. The highest BCUT2D eigenvalue weighted by Gasteiger charge is 2.33. The zero-order valence-electron chi connectivity index (χ0n) is 21.2. The van der Waals surface area contributed by atoms with E-state index in [4.69, 9.17) is 9.84 Å². The number of thioether (sulfide) groups is 1. The maximum atomic E-state index is 13.9. The van der Waals surface area contributed by atoms with Gasteiger partial charge in [0, 0.05) is 13.5 Å². The Labute approximate surface area is 232 Å². The molecule has 0 aliphatic carbocycles. The Morgan fingerprint density at radius 2 is 1.92 bits per heavy atom. The Bertz CT molecular complexity index is 1500. The molecule has 39 heavy (non-hydrogen) atoms. The third-order valence-electron chi connectivity index (χ3n) is 6.25. The number of hydrogen-bond acceptors (Lipinski definition) is 8. The summed E-state index contributed by atoms with van der Waals surface area (Å²) in [4.78, 5) is 26.8. The summed E-state index contributed by atoms with van der Waals surface area (Å²) in [6.45, 7) is 0.0608. The van der Waals surface area contributed by atoms with Gasteiger partial charge in [0.05, 0.1) is 41.6 Å². The van der Waals surface area contributed by atoms with Crippen molar-refractivity contribution in [3.63, 3.8) is 0 Å². The summed E-state index contributed by atoms with van der Waals surface area (Å²) in [7, 11) is 3.37. The summed E-state index contributed by atoms with van der Waals surface area (Å²) in [5.41, 5.74) is 1.80. The molecule has 0 bridgehead atoms. The summed E-state index contributed by atoms with van der Waals surface area (Å²) >= 11 is 2.83. The van der Waals surface area contributed by atoms with E-state index in [1.165, 1.54) is 30.0 Å². The third kappa shape index (κ3) is 5.86. The van der Waals surface area contributed by atoms with Crippen LogP contribution in [0.5, 0.6) is 5.75 Å². The molecule has 0 radical (unpaired) electrons. The second-order valence-electron chi connectivity index (χ2n) is 8.66. The van der Waals surface area contributed by atoms with Gasteiger partial charge in [-0.1, -0.05) is 42.1 Å². The molecule has 0 unspecified atom stereocenters.